The Hall–Kier alpha value is -0.920. The molecule has 92 valence electrons. The Morgan fingerprint density at radius 1 is 1.29 bits per heavy atom. The minimum Gasteiger partial charge on any atom is -0.311 e. The third-order valence-corrected chi connectivity index (χ3v) is 4.01. The number of nitrogens with zero attached hydrogens (tertiary/aromatic N) is 1. The Bertz CT molecular complexity index is 540. The van der Waals surface area contributed by atoms with Crippen LogP contribution in [0.4, 0.5) is 5.69 Å². The summed E-state index contributed by atoms with van der Waals surface area (Å²) in [6.45, 7) is 0.560. The van der Waals surface area contributed by atoms with Crippen LogP contribution in [-0.4, -0.2) is 30.2 Å². The van der Waals surface area contributed by atoms with Crippen LogP contribution in [0.3, 0.4) is 0 Å². The van der Waals surface area contributed by atoms with E-state index in [4.69, 9.17) is 4.55 Å². The number of amides is 1. The third-order valence-electron chi connectivity index (χ3n) is 2.52. The molecule has 5 nitrogen and oxygen atoms in total. The zero-order valence-corrected chi connectivity index (χ0v) is 11.1. The Labute approximate surface area is 107 Å². The number of benzene rings is 1. The molecule has 1 aromatic rings. The zero-order chi connectivity index (χ0) is 12.6. The maximum Gasteiger partial charge on any atom is 0.294 e. The van der Waals surface area contributed by atoms with Gasteiger partial charge in [-0.3, -0.25) is 9.35 Å². The summed E-state index contributed by atoms with van der Waals surface area (Å²) in [4.78, 5) is 13.1. The molecule has 17 heavy (non-hydrogen) atoms. The predicted molar refractivity (Wildman–Crippen MR) is 65.9 cm³/mol. The number of hydrogen-bond acceptors (Lipinski definition) is 3. The Kier molecular flexibility index (Phi) is 3.24. The third kappa shape index (κ3) is 2.67. The largest absolute Gasteiger partial charge is 0.311 e. The van der Waals surface area contributed by atoms with Crippen LogP contribution >= 0.6 is 15.9 Å². The predicted octanol–water partition coefficient (Wildman–Crippen LogP) is 1.43. The van der Waals surface area contributed by atoms with E-state index in [1.54, 1.807) is 4.90 Å². The molecule has 0 spiro atoms. The second kappa shape index (κ2) is 4.40. The zero-order valence-electron chi connectivity index (χ0n) is 8.71. The topological polar surface area (TPSA) is 74.7 Å². The van der Waals surface area contributed by atoms with Crippen molar-refractivity contribution in [3.05, 3.63) is 24.3 Å². The van der Waals surface area contributed by atoms with Crippen LogP contribution < -0.4 is 4.90 Å². The quantitative estimate of drug-likeness (QED) is 0.661. The summed E-state index contributed by atoms with van der Waals surface area (Å²) in [5.74, 6) is -0.00789. The van der Waals surface area contributed by atoms with E-state index < -0.39 is 10.1 Å². The van der Waals surface area contributed by atoms with Gasteiger partial charge < -0.3 is 4.90 Å². The number of carbonyl (C=O) groups is 1. The molecule has 1 fully saturated rings. The summed E-state index contributed by atoms with van der Waals surface area (Å²) in [5.41, 5.74) is 0.629. The molecule has 0 aliphatic carbocycles. The highest BCUT2D eigenvalue weighted by molar-refractivity contribution is 9.09. The molecule has 0 aromatic heterocycles. The molecule has 0 saturated carbocycles. The van der Waals surface area contributed by atoms with E-state index in [0.717, 1.165) is 0 Å². The first-order chi connectivity index (χ1) is 7.88. The van der Waals surface area contributed by atoms with Gasteiger partial charge in [0.1, 0.15) is 0 Å². The van der Waals surface area contributed by atoms with E-state index in [-0.39, 0.29) is 15.6 Å². The molecule has 1 heterocycles. The molecule has 0 bridgehead atoms. The SMILES string of the molecule is O=C1CC(Br)CN1c1ccc(S(=O)(=O)O)cc1. The van der Waals surface area contributed by atoms with E-state index in [2.05, 4.69) is 15.9 Å². The van der Waals surface area contributed by atoms with E-state index in [0.29, 0.717) is 18.7 Å². The summed E-state index contributed by atoms with van der Waals surface area (Å²) in [6, 6.07) is 5.57. The van der Waals surface area contributed by atoms with E-state index in [1.807, 2.05) is 0 Å². The van der Waals surface area contributed by atoms with Gasteiger partial charge in [-0.2, -0.15) is 8.42 Å². The van der Waals surface area contributed by atoms with Gasteiger partial charge in [-0.25, -0.2) is 0 Å². The van der Waals surface area contributed by atoms with Crippen molar-refractivity contribution in [3.63, 3.8) is 0 Å². The molecule has 1 aliphatic heterocycles. The van der Waals surface area contributed by atoms with Gasteiger partial charge >= 0.3 is 0 Å². The van der Waals surface area contributed by atoms with Crippen LogP contribution in [0.5, 0.6) is 0 Å². The standard InChI is InChI=1S/C10H10BrNO4S/c11-7-5-10(13)12(6-7)8-1-3-9(4-2-8)17(14,15)16/h1-4,7H,5-6H2,(H,14,15,16). The van der Waals surface area contributed by atoms with Gasteiger partial charge in [0.2, 0.25) is 5.91 Å². The second-order valence-corrected chi connectivity index (χ2v) is 6.49. The summed E-state index contributed by atoms with van der Waals surface area (Å²) < 4.78 is 30.5. The van der Waals surface area contributed by atoms with Gasteiger partial charge in [-0.15, -0.1) is 0 Å². The van der Waals surface area contributed by atoms with Crippen LogP contribution in [0.15, 0.2) is 29.2 Å². The van der Waals surface area contributed by atoms with E-state index in [9.17, 15) is 13.2 Å². The maximum atomic E-state index is 11.6. The molecule has 1 N–H and O–H groups in total. The minimum absolute atomic E-state index is 0.00789. The molecule has 1 aromatic carbocycles. The van der Waals surface area contributed by atoms with Crippen molar-refractivity contribution in [1.29, 1.82) is 0 Å². The lowest BCUT2D eigenvalue weighted by atomic mass is 10.3. The van der Waals surface area contributed by atoms with Crippen LogP contribution in [-0.2, 0) is 14.9 Å². The summed E-state index contributed by atoms with van der Waals surface area (Å²) in [7, 11) is -4.18. The van der Waals surface area contributed by atoms with Crippen LogP contribution in [0.1, 0.15) is 6.42 Å². The average molecular weight is 320 g/mol. The molecule has 0 radical (unpaired) electrons. The van der Waals surface area contributed by atoms with E-state index in [1.165, 1.54) is 24.3 Å². The van der Waals surface area contributed by atoms with Crippen molar-refractivity contribution in [2.75, 3.05) is 11.4 Å². The number of carbonyl (C=O) groups excluding carboxylic acids is 1. The van der Waals surface area contributed by atoms with Crippen molar-refractivity contribution in [2.24, 2.45) is 0 Å². The lowest BCUT2D eigenvalue weighted by Crippen LogP contribution is -2.24. The highest BCUT2D eigenvalue weighted by Gasteiger charge is 2.28. The number of anilines is 1. The summed E-state index contributed by atoms with van der Waals surface area (Å²) in [6.07, 6.45) is 0.431. The van der Waals surface area contributed by atoms with Crippen LogP contribution in [0, 0.1) is 0 Å². The molecule has 2 rings (SSSR count). The monoisotopic (exact) mass is 319 g/mol. The summed E-state index contributed by atoms with van der Waals surface area (Å²) >= 11 is 3.36. The van der Waals surface area contributed by atoms with E-state index >= 15 is 0 Å². The lowest BCUT2D eigenvalue weighted by Gasteiger charge is -2.15. The molecule has 7 heteroatoms. The lowest BCUT2D eigenvalue weighted by molar-refractivity contribution is -0.117. The van der Waals surface area contributed by atoms with Gasteiger partial charge in [-0.1, -0.05) is 15.9 Å². The smallest absolute Gasteiger partial charge is 0.294 e. The van der Waals surface area contributed by atoms with Gasteiger partial charge in [0.25, 0.3) is 10.1 Å². The van der Waals surface area contributed by atoms with Crippen molar-refractivity contribution < 1.29 is 17.8 Å². The second-order valence-electron chi connectivity index (χ2n) is 3.77. The Balaban J connectivity index is 2.28. The number of alkyl halides is 1. The van der Waals surface area contributed by atoms with Gasteiger partial charge in [0, 0.05) is 23.5 Å². The van der Waals surface area contributed by atoms with Crippen molar-refractivity contribution in [2.45, 2.75) is 16.1 Å². The normalized spacial score (nSPS) is 20.9. The molecule has 1 aliphatic rings. The van der Waals surface area contributed by atoms with Crippen LogP contribution in [0.25, 0.3) is 0 Å². The minimum atomic E-state index is -4.18. The number of hydrogen-bond donors (Lipinski definition) is 1. The highest BCUT2D eigenvalue weighted by atomic mass is 79.9. The fourth-order valence-corrected chi connectivity index (χ4v) is 2.76. The first kappa shape index (κ1) is 12.5. The fourth-order valence-electron chi connectivity index (χ4n) is 1.71. The highest BCUT2D eigenvalue weighted by Crippen LogP contribution is 2.25. The first-order valence-electron chi connectivity index (χ1n) is 4.90. The molecule has 1 amide bonds. The fraction of sp³-hybridized carbons (Fsp3) is 0.300. The molecular formula is C10H10BrNO4S. The van der Waals surface area contributed by atoms with Crippen molar-refractivity contribution in [3.8, 4) is 0 Å². The Morgan fingerprint density at radius 3 is 2.29 bits per heavy atom. The van der Waals surface area contributed by atoms with Gasteiger partial charge in [0.15, 0.2) is 0 Å². The number of halogens is 1. The van der Waals surface area contributed by atoms with Crippen molar-refractivity contribution in [1.82, 2.24) is 0 Å². The molecule has 1 unspecified atom stereocenters. The van der Waals surface area contributed by atoms with Crippen molar-refractivity contribution >= 4 is 37.6 Å². The number of rotatable bonds is 2. The molecule has 1 saturated heterocycles. The average Bonchev–Trinajstić information content (AvgIpc) is 2.57. The maximum absolute atomic E-state index is 11.6. The summed E-state index contributed by atoms with van der Waals surface area (Å²) in [5, 5.41) is 0. The Morgan fingerprint density at radius 2 is 1.88 bits per heavy atom. The molecule has 1 atom stereocenters. The van der Waals surface area contributed by atoms with Crippen LogP contribution in [0.2, 0.25) is 0 Å². The molecular weight excluding hydrogens is 310 g/mol. The van der Waals surface area contributed by atoms with Gasteiger partial charge in [0.05, 0.1) is 4.90 Å². The van der Waals surface area contributed by atoms with Gasteiger partial charge in [-0.05, 0) is 24.3 Å². The first-order valence-corrected chi connectivity index (χ1v) is 7.25.